The second-order valence-corrected chi connectivity index (χ2v) is 4.07. The number of rotatable bonds is 2. The van der Waals surface area contributed by atoms with E-state index < -0.39 is 11.7 Å². The lowest BCUT2D eigenvalue weighted by atomic mass is 10.0. The largest absolute Gasteiger partial charge is 0.418 e. The lowest BCUT2D eigenvalue weighted by Crippen LogP contribution is -2.07. The maximum Gasteiger partial charge on any atom is 0.418 e. The van der Waals surface area contributed by atoms with Gasteiger partial charge in [-0.3, -0.25) is 4.98 Å². The molecule has 1 heterocycles. The van der Waals surface area contributed by atoms with Crippen molar-refractivity contribution in [3.8, 4) is 0 Å². The first kappa shape index (κ1) is 12.8. The van der Waals surface area contributed by atoms with Crippen LogP contribution < -0.4 is 0 Å². The van der Waals surface area contributed by atoms with Crippen molar-refractivity contribution in [2.24, 2.45) is 0 Å². The van der Waals surface area contributed by atoms with E-state index in [2.05, 4.69) is 4.98 Å². The first-order chi connectivity index (χ1) is 8.43. The van der Waals surface area contributed by atoms with Crippen LogP contribution in [0.25, 0.3) is 10.8 Å². The van der Waals surface area contributed by atoms with Gasteiger partial charge >= 0.3 is 6.18 Å². The maximum atomic E-state index is 12.8. The Labute approximate surface area is 102 Å². The molecular formula is C13H12F3NO. The molecule has 18 heavy (non-hydrogen) atoms. The highest BCUT2D eigenvalue weighted by molar-refractivity contribution is 5.88. The van der Waals surface area contributed by atoms with Gasteiger partial charge < -0.3 is 4.74 Å². The number of aryl methyl sites for hydroxylation is 1. The summed E-state index contributed by atoms with van der Waals surface area (Å²) < 4.78 is 43.5. The topological polar surface area (TPSA) is 22.1 Å². The van der Waals surface area contributed by atoms with Crippen molar-refractivity contribution in [3.63, 3.8) is 0 Å². The number of pyridine rings is 1. The van der Waals surface area contributed by atoms with E-state index in [9.17, 15) is 13.2 Å². The van der Waals surface area contributed by atoms with Crippen LogP contribution in [-0.2, 0) is 17.5 Å². The third-order valence-corrected chi connectivity index (χ3v) is 2.77. The number of nitrogens with zero attached hydrogens (tertiary/aromatic N) is 1. The monoisotopic (exact) mass is 255 g/mol. The van der Waals surface area contributed by atoms with E-state index in [1.54, 1.807) is 26.2 Å². The Bertz CT molecular complexity index is 578. The fourth-order valence-corrected chi connectivity index (χ4v) is 1.91. The van der Waals surface area contributed by atoms with Gasteiger partial charge in [0, 0.05) is 24.4 Å². The molecule has 0 radical (unpaired) electrons. The van der Waals surface area contributed by atoms with Gasteiger partial charge in [0.1, 0.15) is 0 Å². The zero-order valence-electron chi connectivity index (χ0n) is 10.0. The molecule has 0 amide bonds. The van der Waals surface area contributed by atoms with Gasteiger partial charge in [0.2, 0.25) is 0 Å². The minimum absolute atomic E-state index is 0.176. The number of halogens is 3. The second-order valence-electron chi connectivity index (χ2n) is 4.07. The van der Waals surface area contributed by atoms with Gasteiger partial charge in [0.15, 0.2) is 0 Å². The Kier molecular flexibility index (Phi) is 3.26. The maximum absolute atomic E-state index is 12.8. The molecule has 1 aromatic carbocycles. The fraction of sp³-hybridized carbons (Fsp3) is 0.308. The van der Waals surface area contributed by atoms with Crippen molar-refractivity contribution in [2.45, 2.75) is 19.7 Å². The number of benzene rings is 1. The molecule has 0 N–H and O–H groups in total. The number of ether oxygens (including phenoxy) is 1. The molecular weight excluding hydrogens is 243 g/mol. The Morgan fingerprint density at radius 3 is 2.56 bits per heavy atom. The molecule has 0 saturated carbocycles. The standard InChI is InChI=1S/C13H12F3NO/c1-8-11-5-9(7-18-2)3-4-10(11)12(6-17-8)13(14,15)16/h3-6H,7H2,1-2H3. The molecule has 0 fully saturated rings. The molecule has 96 valence electrons. The lowest BCUT2D eigenvalue weighted by Gasteiger charge is -2.12. The van der Waals surface area contributed by atoms with Gasteiger partial charge in [-0.15, -0.1) is 0 Å². The van der Waals surface area contributed by atoms with Crippen molar-refractivity contribution in [2.75, 3.05) is 7.11 Å². The molecule has 0 aliphatic heterocycles. The van der Waals surface area contributed by atoms with Crippen molar-refractivity contribution in [1.29, 1.82) is 0 Å². The SMILES string of the molecule is COCc1ccc2c(C(F)(F)F)cnc(C)c2c1. The van der Waals surface area contributed by atoms with Crippen LogP contribution in [0.1, 0.15) is 16.8 Å². The van der Waals surface area contributed by atoms with Gasteiger partial charge in [0.05, 0.1) is 12.2 Å². The van der Waals surface area contributed by atoms with Crippen LogP contribution in [0.4, 0.5) is 13.2 Å². The van der Waals surface area contributed by atoms with E-state index in [-0.39, 0.29) is 5.39 Å². The second kappa shape index (κ2) is 4.57. The average molecular weight is 255 g/mol. The highest BCUT2D eigenvalue weighted by atomic mass is 19.4. The van der Waals surface area contributed by atoms with Crippen LogP contribution in [0.3, 0.4) is 0 Å². The van der Waals surface area contributed by atoms with Crippen molar-refractivity contribution in [3.05, 3.63) is 41.2 Å². The number of aromatic nitrogens is 1. The van der Waals surface area contributed by atoms with Crippen LogP contribution >= 0.6 is 0 Å². The summed E-state index contributed by atoms with van der Waals surface area (Å²) in [5.41, 5.74) is 0.706. The number of hydrogen-bond acceptors (Lipinski definition) is 2. The minimum Gasteiger partial charge on any atom is -0.380 e. The molecule has 0 aliphatic carbocycles. The molecule has 2 rings (SSSR count). The summed E-state index contributed by atoms with van der Waals surface area (Å²) >= 11 is 0. The average Bonchev–Trinajstić information content (AvgIpc) is 2.29. The number of hydrogen-bond donors (Lipinski definition) is 0. The zero-order valence-corrected chi connectivity index (χ0v) is 10.0. The van der Waals surface area contributed by atoms with Gasteiger partial charge in [-0.1, -0.05) is 12.1 Å². The predicted molar refractivity (Wildman–Crippen MR) is 62.2 cm³/mol. The summed E-state index contributed by atoms with van der Waals surface area (Å²) in [7, 11) is 1.54. The van der Waals surface area contributed by atoms with Crippen LogP contribution in [0, 0.1) is 6.92 Å². The van der Waals surface area contributed by atoms with E-state index in [1.165, 1.54) is 6.07 Å². The molecule has 5 heteroatoms. The molecule has 0 spiro atoms. The predicted octanol–water partition coefficient (Wildman–Crippen LogP) is 3.71. The van der Waals surface area contributed by atoms with Gasteiger partial charge in [-0.2, -0.15) is 13.2 Å². The highest BCUT2D eigenvalue weighted by Crippen LogP contribution is 2.35. The summed E-state index contributed by atoms with van der Waals surface area (Å²) in [5, 5.41) is 0.689. The normalized spacial score (nSPS) is 12.1. The van der Waals surface area contributed by atoms with E-state index in [0.717, 1.165) is 11.8 Å². The summed E-state index contributed by atoms with van der Waals surface area (Å²) in [5.74, 6) is 0. The quantitative estimate of drug-likeness (QED) is 0.816. The molecule has 2 nitrogen and oxygen atoms in total. The number of alkyl halides is 3. The molecule has 0 bridgehead atoms. The third kappa shape index (κ3) is 2.31. The Morgan fingerprint density at radius 2 is 1.94 bits per heavy atom. The van der Waals surface area contributed by atoms with E-state index in [4.69, 9.17) is 4.74 Å². The first-order valence-electron chi connectivity index (χ1n) is 5.38. The van der Waals surface area contributed by atoms with Crippen molar-refractivity contribution < 1.29 is 17.9 Å². The van der Waals surface area contributed by atoms with E-state index in [0.29, 0.717) is 17.7 Å². The molecule has 0 atom stereocenters. The highest BCUT2D eigenvalue weighted by Gasteiger charge is 2.33. The van der Waals surface area contributed by atoms with Crippen LogP contribution in [0.5, 0.6) is 0 Å². The third-order valence-electron chi connectivity index (χ3n) is 2.77. The number of fused-ring (bicyclic) bond motifs is 1. The number of methoxy groups -OCH3 is 1. The molecule has 1 aromatic heterocycles. The molecule has 0 saturated heterocycles. The van der Waals surface area contributed by atoms with Gasteiger partial charge in [-0.05, 0) is 23.9 Å². The van der Waals surface area contributed by atoms with Gasteiger partial charge in [0.25, 0.3) is 0 Å². The minimum atomic E-state index is -4.39. The van der Waals surface area contributed by atoms with Gasteiger partial charge in [-0.25, -0.2) is 0 Å². The zero-order chi connectivity index (χ0) is 13.3. The van der Waals surface area contributed by atoms with Crippen LogP contribution in [-0.4, -0.2) is 12.1 Å². The van der Waals surface area contributed by atoms with E-state index in [1.807, 2.05) is 0 Å². The Morgan fingerprint density at radius 1 is 1.22 bits per heavy atom. The smallest absolute Gasteiger partial charge is 0.380 e. The summed E-state index contributed by atoms with van der Waals surface area (Å²) in [6.07, 6.45) is -3.50. The Balaban J connectivity index is 2.68. The summed E-state index contributed by atoms with van der Waals surface area (Å²) in [6, 6.07) is 4.80. The van der Waals surface area contributed by atoms with Crippen LogP contribution in [0.15, 0.2) is 24.4 Å². The first-order valence-corrected chi connectivity index (χ1v) is 5.38. The van der Waals surface area contributed by atoms with Crippen molar-refractivity contribution in [1.82, 2.24) is 4.98 Å². The summed E-state index contributed by atoms with van der Waals surface area (Å²) in [4.78, 5) is 3.81. The van der Waals surface area contributed by atoms with E-state index >= 15 is 0 Å². The Hall–Kier alpha value is -1.62. The molecule has 0 aliphatic rings. The fourth-order valence-electron chi connectivity index (χ4n) is 1.91. The van der Waals surface area contributed by atoms with Crippen LogP contribution in [0.2, 0.25) is 0 Å². The summed E-state index contributed by atoms with van der Waals surface area (Å²) in [6.45, 7) is 2.06. The lowest BCUT2D eigenvalue weighted by molar-refractivity contribution is -0.136. The molecule has 2 aromatic rings. The molecule has 0 unspecified atom stereocenters. The van der Waals surface area contributed by atoms with Crippen molar-refractivity contribution >= 4 is 10.8 Å².